The largest absolute Gasteiger partial charge is 0.369 e. The van der Waals surface area contributed by atoms with Gasteiger partial charge in [0.25, 0.3) is 0 Å². The minimum absolute atomic E-state index is 0.172. The minimum atomic E-state index is -0.272. The second-order valence-corrected chi connectivity index (χ2v) is 8.06. The Morgan fingerprint density at radius 1 is 1.10 bits per heavy atom. The van der Waals surface area contributed by atoms with Crippen LogP contribution in [0.1, 0.15) is 25.7 Å². The van der Waals surface area contributed by atoms with E-state index in [-0.39, 0.29) is 11.7 Å². The molecule has 158 valence electrons. The van der Waals surface area contributed by atoms with Gasteiger partial charge in [-0.1, -0.05) is 24.3 Å². The van der Waals surface area contributed by atoms with Crippen molar-refractivity contribution in [2.45, 2.75) is 25.7 Å². The molecule has 3 aromatic rings. The number of nitrogens with one attached hydrogen (secondary N) is 2. The molecule has 4 nitrogen and oxygen atoms in total. The van der Waals surface area contributed by atoms with E-state index in [1.54, 1.807) is 30.9 Å². The van der Waals surface area contributed by atoms with Crippen LogP contribution in [0.3, 0.4) is 0 Å². The average Bonchev–Trinajstić information content (AvgIpc) is 2.83. The van der Waals surface area contributed by atoms with E-state index >= 15 is 0 Å². The molecule has 0 aliphatic heterocycles. The second-order valence-electron chi connectivity index (χ2n) is 8.06. The van der Waals surface area contributed by atoms with E-state index in [1.807, 2.05) is 24.3 Å². The zero-order valence-electron chi connectivity index (χ0n) is 17.5. The number of hydrogen-bond acceptors (Lipinski definition) is 4. The fraction of sp³-hybridized carbons (Fsp3) is 0.269. The molecule has 1 aromatic carbocycles. The highest BCUT2D eigenvalue weighted by Crippen LogP contribution is 2.33. The zero-order chi connectivity index (χ0) is 21.5. The summed E-state index contributed by atoms with van der Waals surface area (Å²) in [5.41, 5.74) is 3.62. The number of hydrogen-bond donors (Lipinski definition) is 2. The van der Waals surface area contributed by atoms with Crippen molar-refractivity contribution in [2.24, 2.45) is 11.8 Å². The lowest BCUT2D eigenvalue weighted by Crippen LogP contribution is -2.20. The summed E-state index contributed by atoms with van der Waals surface area (Å²) < 4.78 is 13.8. The Morgan fingerprint density at radius 2 is 1.97 bits per heavy atom. The van der Waals surface area contributed by atoms with Gasteiger partial charge in [0, 0.05) is 42.8 Å². The molecule has 1 aliphatic rings. The monoisotopic (exact) mass is 414 g/mol. The van der Waals surface area contributed by atoms with Gasteiger partial charge >= 0.3 is 0 Å². The van der Waals surface area contributed by atoms with Gasteiger partial charge in [-0.15, -0.1) is 0 Å². The molecule has 0 saturated carbocycles. The third-order valence-corrected chi connectivity index (χ3v) is 5.83. The van der Waals surface area contributed by atoms with Gasteiger partial charge in [-0.3, -0.25) is 4.98 Å². The van der Waals surface area contributed by atoms with Crippen molar-refractivity contribution < 1.29 is 4.39 Å². The average molecular weight is 415 g/mol. The summed E-state index contributed by atoms with van der Waals surface area (Å²) >= 11 is 0. The number of allylic oxidation sites excluding steroid dienone is 2. The van der Waals surface area contributed by atoms with E-state index in [1.165, 1.54) is 18.6 Å². The van der Waals surface area contributed by atoms with E-state index in [0.717, 1.165) is 47.3 Å². The molecule has 1 aliphatic carbocycles. The molecular weight excluding hydrogens is 387 g/mol. The van der Waals surface area contributed by atoms with Crippen LogP contribution in [0, 0.1) is 23.1 Å². The molecule has 2 aromatic heterocycles. The number of anilines is 1. The van der Waals surface area contributed by atoms with E-state index in [2.05, 4.69) is 27.4 Å². The summed E-state index contributed by atoms with van der Waals surface area (Å²) in [6, 6.07) is 12.5. The maximum absolute atomic E-state index is 13.8. The van der Waals surface area contributed by atoms with Gasteiger partial charge in [0.2, 0.25) is 0 Å². The van der Waals surface area contributed by atoms with Gasteiger partial charge in [-0.2, -0.15) is 0 Å². The molecule has 31 heavy (non-hydrogen) atoms. The Kier molecular flexibility index (Phi) is 6.82. The quantitative estimate of drug-likeness (QED) is 0.332. The van der Waals surface area contributed by atoms with Crippen molar-refractivity contribution in [3.05, 3.63) is 79.0 Å². The molecule has 2 unspecified atom stereocenters. The predicted octanol–water partition coefficient (Wildman–Crippen LogP) is 6.37. The van der Waals surface area contributed by atoms with Gasteiger partial charge in [0.05, 0.1) is 0 Å². The number of rotatable bonds is 8. The van der Waals surface area contributed by atoms with Crippen molar-refractivity contribution in [2.75, 3.05) is 11.9 Å². The summed E-state index contributed by atoms with van der Waals surface area (Å²) in [5, 5.41) is 11.3. The maximum Gasteiger partial charge on any atom is 0.126 e. The van der Waals surface area contributed by atoms with Crippen LogP contribution in [0.25, 0.3) is 22.3 Å². The van der Waals surface area contributed by atoms with Gasteiger partial charge in [-0.25, -0.2) is 9.37 Å². The Morgan fingerprint density at radius 3 is 2.71 bits per heavy atom. The smallest absolute Gasteiger partial charge is 0.126 e. The van der Waals surface area contributed by atoms with Crippen LogP contribution in [0.5, 0.6) is 0 Å². The van der Waals surface area contributed by atoms with Crippen LogP contribution in [-0.2, 0) is 0 Å². The van der Waals surface area contributed by atoms with Crippen LogP contribution in [0.15, 0.2) is 73.2 Å². The molecule has 5 heteroatoms. The number of pyridine rings is 2. The highest BCUT2D eigenvalue weighted by Gasteiger charge is 2.16. The maximum atomic E-state index is 13.8. The van der Waals surface area contributed by atoms with Crippen molar-refractivity contribution >= 4 is 12.0 Å². The molecule has 0 saturated heterocycles. The van der Waals surface area contributed by atoms with Crippen LogP contribution in [-0.4, -0.2) is 22.7 Å². The van der Waals surface area contributed by atoms with Gasteiger partial charge < -0.3 is 10.7 Å². The first-order valence-corrected chi connectivity index (χ1v) is 10.8. The Bertz CT molecular complexity index is 1050. The SMILES string of the molecule is N=CC(CNc1cc(-c2ccncc2)c(-c2cccc(F)c2)cn1)CC1CC=CCC1. The number of nitrogens with zero attached hydrogens (tertiary/aromatic N) is 2. The lowest BCUT2D eigenvalue weighted by atomic mass is 9.86. The molecular formula is C26H27FN4. The van der Waals surface area contributed by atoms with E-state index in [4.69, 9.17) is 5.41 Å². The van der Waals surface area contributed by atoms with Gasteiger partial charge in [-0.05, 0) is 78.6 Å². The van der Waals surface area contributed by atoms with Crippen molar-refractivity contribution in [1.82, 2.24) is 9.97 Å². The Labute approximate surface area is 182 Å². The third kappa shape index (κ3) is 5.43. The first-order chi connectivity index (χ1) is 15.2. The van der Waals surface area contributed by atoms with Gasteiger partial charge in [0.15, 0.2) is 0 Å². The molecule has 2 atom stereocenters. The van der Waals surface area contributed by atoms with Crippen LogP contribution < -0.4 is 5.32 Å². The lowest BCUT2D eigenvalue weighted by Gasteiger charge is -2.22. The highest BCUT2D eigenvalue weighted by molar-refractivity contribution is 5.84. The molecule has 0 fully saturated rings. The fourth-order valence-corrected chi connectivity index (χ4v) is 4.15. The van der Waals surface area contributed by atoms with E-state index in [0.29, 0.717) is 12.5 Å². The van der Waals surface area contributed by atoms with Crippen molar-refractivity contribution in [3.63, 3.8) is 0 Å². The third-order valence-electron chi connectivity index (χ3n) is 5.83. The molecule has 0 bridgehead atoms. The molecule has 4 rings (SSSR count). The first-order valence-electron chi connectivity index (χ1n) is 10.8. The Hall–Kier alpha value is -3.34. The summed E-state index contributed by atoms with van der Waals surface area (Å²) in [7, 11) is 0. The highest BCUT2D eigenvalue weighted by atomic mass is 19.1. The molecule has 2 N–H and O–H groups in total. The number of benzene rings is 1. The Balaban J connectivity index is 1.56. The first kappa shape index (κ1) is 20.9. The fourth-order valence-electron chi connectivity index (χ4n) is 4.15. The lowest BCUT2D eigenvalue weighted by molar-refractivity contribution is 0.408. The van der Waals surface area contributed by atoms with E-state index in [9.17, 15) is 4.39 Å². The van der Waals surface area contributed by atoms with Gasteiger partial charge in [0.1, 0.15) is 11.6 Å². The number of aromatic nitrogens is 2. The molecule has 0 amide bonds. The van der Waals surface area contributed by atoms with Crippen LogP contribution >= 0.6 is 0 Å². The van der Waals surface area contributed by atoms with E-state index < -0.39 is 0 Å². The summed E-state index contributed by atoms with van der Waals surface area (Å²) in [6.07, 6.45) is 15.8. The predicted molar refractivity (Wildman–Crippen MR) is 125 cm³/mol. The van der Waals surface area contributed by atoms with Crippen molar-refractivity contribution in [3.8, 4) is 22.3 Å². The molecule has 0 radical (unpaired) electrons. The topological polar surface area (TPSA) is 61.7 Å². The summed E-state index contributed by atoms with van der Waals surface area (Å²) in [6.45, 7) is 0.672. The summed E-state index contributed by atoms with van der Waals surface area (Å²) in [5.74, 6) is 1.30. The molecule has 2 heterocycles. The minimum Gasteiger partial charge on any atom is -0.369 e. The zero-order valence-corrected chi connectivity index (χ0v) is 17.5. The standard InChI is InChI=1S/C26H27FN4/c27-23-8-4-7-22(14-23)25-18-31-26(15-24(25)21-9-11-29-12-10-21)30-17-20(16-28)13-19-5-2-1-3-6-19/h1-2,4,7-12,14-16,18-20,28H,3,5-6,13,17H2,(H,30,31). The second kappa shape index (κ2) is 10.1. The van der Waals surface area contributed by atoms with Crippen LogP contribution in [0.2, 0.25) is 0 Å². The molecule has 0 spiro atoms. The normalized spacial score (nSPS) is 16.6. The number of halogens is 1. The van der Waals surface area contributed by atoms with Crippen molar-refractivity contribution in [1.29, 1.82) is 5.41 Å². The summed E-state index contributed by atoms with van der Waals surface area (Å²) in [4.78, 5) is 8.70. The van der Waals surface area contributed by atoms with Crippen LogP contribution in [0.4, 0.5) is 10.2 Å².